The minimum atomic E-state index is -0.276. The molecule has 0 radical (unpaired) electrons. The highest BCUT2D eigenvalue weighted by Gasteiger charge is 2.49. The summed E-state index contributed by atoms with van der Waals surface area (Å²) in [5.74, 6) is 1.20. The van der Waals surface area contributed by atoms with Crippen molar-refractivity contribution >= 4 is 0 Å². The van der Waals surface area contributed by atoms with Crippen molar-refractivity contribution in [3.8, 4) is 0 Å². The molecule has 0 saturated heterocycles. The summed E-state index contributed by atoms with van der Waals surface area (Å²) in [6.45, 7) is 2.59. The second-order valence-corrected chi connectivity index (χ2v) is 4.71. The molecule has 0 aromatic rings. The molecule has 2 rings (SSSR count). The van der Waals surface area contributed by atoms with Crippen LogP contribution in [0, 0.1) is 23.7 Å². The monoisotopic (exact) mass is 185 g/mol. The van der Waals surface area contributed by atoms with Gasteiger partial charge in [-0.15, -0.1) is 0 Å². The fraction of sp³-hybridized carbons (Fsp3) is 1.00. The Morgan fingerprint density at radius 1 is 1.31 bits per heavy atom. The zero-order valence-electron chi connectivity index (χ0n) is 8.06. The molecule has 13 heavy (non-hydrogen) atoms. The first-order valence-corrected chi connectivity index (χ1v) is 5.21. The minimum absolute atomic E-state index is 0.226. The molecule has 2 aliphatic carbocycles. The lowest BCUT2D eigenvalue weighted by molar-refractivity contribution is 0.0136. The van der Waals surface area contributed by atoms with E-state index in [0.717, 1.165) is 12.8 Å². The Morgan fingerprint density at radius 3 is 2.62 bits per heavy atom. The molecule has 4 N–H and O–H groups in total. The summed E-state index contributed by atoms with van der Waals surface area (Å²) in [7, 11) is 0. The number of rotatable bonds is 1. The maximum atomic E-state index is 9.96. The van der Waals surface area contributed by atoms with Gasteiger partial charge in [-0.3, -0.25) is 0 Å². The smallest absolute Gasteiger partial charge is 0.0614 e. The van der Waals surface area contributed by atoms with Gasteiger partial charge in [-0.25, -0.2) is 0 Å². The van der Waals surface area contributed by atoms with E-state index in [-0.39, 0.29) is 30.0 Å². The van der Waals surface area contributed by atoms with Gasteiger partial charge < -0.3 is 15.9 Å². The average Bonchev–Trinajstić information content (AvgIpc) is 2.36. The topological polar surface area (TPSA) is 66.5 Å². The van der Waals surface area contributed by atoms with Crippen molar-refractivity contribution < 1.29 is 10.2 Å². The van der Waals surface area contributed by atoms with Crippen LogP contribution in [0.4, 0.5) is 0 Å². The van der Waals surface area contributed by atoms with Gasteiger partial charge in [0.15, 0.2) is 0 Å². The van der Waals surface area contributed by atoms with E-state index in [2.05, 4.69) is 0 Å². The fourth-order valence-electron chi connectivity index (χ4n) is 3.20. The molecular weight excluding hydrogens is 166 g/mol. The van der Waals surface area contributed by atoms with Gasteiger partial charge in [0.2, 0.25) is 0 Å². The normalized spacial score (nSPS) is 55.4. The van der Waals surface area contributed by atoms with E-state index in [1.54, 1.807) is 0 Å². The van der Waals surface area contributed by atoms with Crippen molar-refractivity contribution in [2.45, 2.75) is 32.0 Å². The average molecular weight is 185 g/mol. The van der Waals surface area contributed by atoms with Crippen molar-refractivity contribution in [2.75, 3.05) is 6.54 Å². The molecule has 6 atom stereocenters. The molecule has 0 unspecified atom stereocenters. The fourth-order valence-corrected chi connectivity index (χ4v) is 3.20. The standard InChI is InChI=1S/C10H19NO2/c1-5-7-2-6(3-9(5)12)8(4-11)10(7)13/h5-10,12-13H,2-4,11H2,1H3/t5-,6+,7-,8-,9-,10+/m0/s1. The lowest BCUT2D eigenvalue weighted by Crippen LogP contribution is -2.33. The summed E-state index contributed by atoms with van der Waals surface area (Å²) >= 11 is 0. The summed E-state index contributed by atoms with van der Waals surface area (Å²) in [5.41, 5.74) is 5.63. The molecule has 0 aromatic carbocycles. The predicted molar refractivity (Wildman–Crippen MR) is 49.9 cm³/mol. The lowest BCUT2D eigenvalue weighted by Gasteiger charge is -2.31. The van der Waals surface area contributed by atoms with Gasteiger partial charge in [-0.2, -0.15) is 0 Å². The molecule has 0 spiro atoms. The summed E-state index contributed by atoms with van der Waals surface area (Å²) in [4.78, 5) is 0. The Bertz CT molecular complexity index is 193. The van der Waals surface area contributed by atoms with E-state index in [1.807, 2.05) is 6.92 Å². The summed E-state index contributed by atoms with van der Waals surface area (Å²) < 4.78 is 0. The van der Waals surface area contributed by atoms with Gasteiger partial charge in [0, 0.05) is 5.92 Å². The van der Waals surface area contributed by atoms with Crippen LogP contribution in [0.1, 0.15) is 19.8 Å². The third-order valence-electron chi connectivity index (χ3n) is 4.16. The van der Waals surface area contributed by atoms with Gasteiger partial charge in [-0.05, 0) is 37.1 Å². The zero-order valence-corrected chi connectivity index (χ0v) is 8.06. The molecule has 76 valence electrons. The van der Waals surface area contributed by atoms with Crippen molar-refractivity contribution in [1.82, 2.24) is 0 Å². The van der Waals surface area contributed by atoms with Crippen LogP contribution in [0.2, 0.25) is 0 Å². The second kappa shape index (κ2) is 3.23. The van der Waals surface area contributed by atoms with Gasteiger partial charge in [-0.1, -0.05) is 6.92 Å². The molecule has 2 aliphatic rings. The third-order valence-corrected chi connectivity index (χ3v) is 4.16. The SMILES string of the molecule is C[C@H]1[C@@H]2C[C@H](C[C@@H]1O)[C@H](CN)[C@@H]2O. The lowest BCUT2D eigenvalue weighted by atomic mass is 9.78. The van der Waals surface area contributed by atoms with Crippen LogP contribution < -0.4 is 5.73 Å². The van der Waals surface area contributed by atoms with E-state index < -0.39 is 0 Å². The summed E-state index contributed by atoms with van der Waals surface area (Å²) in [6, 6.07) is 0. The number of aliphatic hydroxyl groups excluding tert-OH is 2. The van der Waals surface area contributed by atoms with Crippen molar-refractivity contribution in [3.05, 3.63) is 0 Å². The van der Waals surface area contributed by atoms with Crippen LogP contribution in [-0.2, 0) is 0 Å². The highest BCUT2D eigenvalue weighted by Crippen LogP contribution is 2.48. The number of hydrogen-bond acceptors (Lipinski definition) is 3. The van der Waals surface area contributed by atoms with Crippen LogP contribution in [0.15, 0.2) is 0 Å². The largest absolute Gasteiger partial charge is 0.393 e. The Balaban J connectivity index is 2.17. The van der Waals surface area contributed by atoms with Gasteiger partial charge in [0.05, 0.1) is 12.2 Å². The van der Waals surface area contributed by atoms with Crippen LogP contribution in [0.5, 0.6) is 0 Å². The highest BCUT2D eigenvalue weighted by atomic mass is 16.3. The second-order valence-electron chi connectivity index (χ2n) is 4.71. The van der Waals surface area contributed by atoms with Crippen LogP contribution >= 0.6 is 0 Å². The molecule has 0 heterocycles. The molecule has 2 saturated carbocycles. The van der Waals surface area contributed by atoms with Crippen LogP contribution in [-0.4, -0.2) is 29.0 Å². The van der Waals surface area contributed by atoms with Crippen molar-refractivity contribution in [1.29, 1.82) is 0 Å². The van der Waals surface area contributed by atoms with E-state index in [4.69, 9.17) is 5.73 Å². The minimum Gasteiger partial charge on any atom is -0.393 e. The van der Waals surface area contributed by atoms with Gasteiger partial charge in [0.25, 0.3) is 0 Å². The number of nitrogens with two attached hydrogens (primary N) is 1. The molecular formula is C10H19NO2. The van der Waals surface area contributed by atoms with Crippen molar-refractivity contribution in [3.63, 3.8) is 0 Å². The van der Waals surface area contributed by atoms with Gasteiger partial charge >= 0.3 is 0 Å². The summed E-state index contributed by atoms with van der Waals surface area (Å²) in [5, 5.41) is 19.7. The molecule has 2 fully saturated rings. The van der Waals surface area contributed by atoms with E-state index in [0.29, 0.717) is 12.5 Å². The molecule has 0 aromatic heterocycles. The Labute approximate surface area is 78.9 Å². The first kappa shape index (κ1) is 9.44. The van der Waals surface area contributed by atoms with E-state index >= 15 is 0 Å². The molecule has 2 bridgehead atoms. The van der Waals surface area contributed by atoms with Crippen LogP contribution in [0.3, 0.4) is 0 Å². The van der Waals surface area contributed by atoms with Gasteiger partial charge in [0.1, 0.15) is 0 Å². The Kier molecular flexibility index (Phi) is 2.34. The van der Waals surface area contributed by atoms with Crippen molar-refractivity contribution in [2.24, 2.45) is 29.4 Å². The zero-order chi connectivity index (χ0) is 9.59. The summed E-state index contributed by atoms with van der Waals surface area (Å²) in [6.07, 6.45) is 1.38. The molecule has 3 nitrogen and oxygen atoms in total. The molecule has 3 heteroatoms. The van der Waals surface area contributed by atoms with E-state index in [9.17, 15) is 10.2 Å². The first-order valence-electron chi connectivity index (χ1n) is 5.21. The number of aliphatic hydroxyl groups is 2. The molecule has 0 amide bonds. The highest BCUT2D eigenvalue weighted by molar-refractivity contribution is 4.99. The quantitative estimate of drug-likeness (QED) is 0.537. The maximum absolute atomic E-state index is 9.96. The predicted octanol–water partition coefficient (Wildman–Crippen LogP) is -0.0410. The van der Waals surface area contributed by atoms with E-state index in [1.165, 1.54) is 0 Å². The number of fused-ring (bicyclic) bond motifs is 2. The Hall–Kier alpha value is -0.120. The third kappa shape index (κ3) is 1.30. The van der Waals surface area contributed by atoms with Crippen LogP contribution in [0.25, 0.3) is 0 Å². The number of hydrogen-bond donors (Lipinski definition) is 3. The molecule has 0 aliphatic heterocycles. The first-order chi connectivity index (χ1) is 6.15. The maximum Gasteiger partial charge on any atom is 0.0614 e. The Morgan fingerprint density at radius 2 is 2.00 bits per heavy atom.